The number of H-pyrrole nitrogens is 1. The van der Waals surface area contributed by atoms with Crippen LogP contribution in [0.3, 0.4) is 0 Å². The van der Waals surface area contributed by atoms with E-state index in [1.165, 1.54) is 5.56 Å². The Labute approximate surface area is 174 Å². The van der Waals surface area contributed by atoms with Crippen LogP contribution in [0.25, 0.3) is 22.2 Å². The molecule has 0 aliphatic rings. The van der Waals surface area contributed by atoms with E-state index in [2.05, 4.69) is 37.6 Å². The molecule has 0 radical (unpaired) electrons. The van der Waals surface area contributed by atoms with Gasteiger partial charge in [-0.1, -0.05) is 36.4 Å². The number of nitrogens with zero attached hydrogens (tertiary/aromatic N) is 3. The summed E-state index contributed by atoms with van der Waals surface area (Å²) >= 11 is 0. The lowest BCUT2D eigenvalue weighted by atomic mass is 9.97. The SMILES string of the molecule is CC(C)(C)C(=O)Oc1n[nH]cc1-c1ccc2nc(NCc3ccccc3)cnc2c1. The molecule has 7 nitrogen and oxygen atoms in total. The van der Waals surface area contributed by atoms with Crippen molar-refractivity contribution in [2.24, 2.45) is 5.41 Å². The van der Waals surface area contributed by atoms with Crippen molar-refractivity contribution in [3.05, 3.63) is 66.5 Å². The smallest absolute Gasteiger partial charge is 0.318 e. The molecule has 0 saturated heterocycles. The van der Waals surface area contributed by atoms with Gasteiger partial charge in [0.2, 0.25) is 5.88 Å². The van der Waals surface area contributed by atoms with E-state index >= 15 is 0 Å². The second kappa shape index (κ2) is 7.94. The summed E-state index contributed by atoms with van der Waals surface area (Å²) in [4.78, 5) is 21.4. The van der Waals surface area contributed by atoms with Crippen LogP contribution in [-0.4, -0.2) is 26.1 Å². The Bertz CT molecular complexity index is 1180. The van der Waals surface area contributed by atoms with E-state index in [-0.39, 0.29) is 11.8 Å². The molecule has 0 aliphatic carbocycles. The number of benzene rings is 2. The minimum Gasteiger partial charge on any atom is -0.405 e. The Balaban J connectivity index is 1.55. The Morgan fingerprint density at radius 1 is 1.10 bits per heavy atom. The van der Waals surface area contributed by atoms with Crippen molar-refractivity contribution in [2.75, 3.05) is 5.32 Å². The maximum Gasteiger partial charge on any atom is 0.318 e. The highest BCUT2D eigenvalue weighted by Crippen LogP contribution is 2.31. The van der Waals surface area contributed by atoms with Crippen LogP contribution in [0.15, 0.2) is 60.9 Å². The van der Waals surface area contributed by atoms with Gasteiger partial charge in [-0.05, 0) is 44.0 Å². The number of nitrogens with one attached hydrogen (secondary N) is 2. The van der Waals surface area contributed by atoms with Gasteiger partial charge >= 0.3 is 5.97 Å². The van der Waals surface area contributed by atoms with Crippen molar-refractivity contribution in [2.45, 2.75) is 27.3 Å². The topological polar surface area (TPSA) is 92.8 Å². The van der Waals surface area contributed by atoms with Gasteiger partial charge in [0, 0.05) is 12.7 Å². The zero-order valence-corrected chi connectivity index (χ0v) is 17.1. The molecule has 0 atom stereocenters. The highest BCUT2D eigenvalue weighted by molar-refractivity contribution is 5.85. The minimum atomic E-state index is -0.617. The number of carbonyl (C=O) groups is 1. The van der Waals surface area contributed by atoms with Crippen LogP contribution < -0.4 is 10.1 Å². The molecule has 2 N–H and O–H groups in total. The zero-order chi connectivity index (χ0) is 21.1. The van der Waals surface area contributed by atoms with Gasteiger partial charge in [-0.3, -0.25) is 14.9 Å². The van der Waals surface area contributed by atoms with E-state index in [1.807, 2.05) is 36.4 Å². The number of anilines is 1. The number of esters is 1. The lowest BCUT2D eigenvalue weighted by Crippen LogP contribution is -2.25. The number of hydrogen-bond acceptors (Lipinski definition) is 6. The normalized spacial score (nSPS) is 11.4. The molecule has 4 rings (SSSR count). The fraction of sp³-hybridized carbons (Fsp3) is 0.217. The summed E-state index contributed by atoms with van der Waals surface area (Å²) < 4.78 is 5.48. The third-order valence-corrected chi connectivity index (χ3v) is 4.58. The Kier molecular flexibility index (Phi) is 5.18. The maximum absolute atomic E-state index is 12.2. The molecule has 152 valence electrons. The average molecular weight is 401 g/mol. The lowest BCUT2D eigenvalue weighted by Gasteiger charge is -2.15. The van der Waals surface area contributed by atoms with Crippen LogP contribution >= 0.6 is 0 Å². The van der Waals surface area contributed by atoms with Crippen molar-refractivity contribution in [1.82, 2.24) is 20.2 Å². The van der Waals surface area contributed by atoms with Crippen LogP contribution in [0.1, 0.15) is 26.3 Å². The van der Waals surface area contributed by atoms with Crippen LogP contribution in [-0.2, 0) is 11.3 Å². The maximum atomic E-state index is 12.2. The van der Waals surface area contributed by atoms with Gasteiger partial charge in [0.15, 0.2) is 0 Å². The summed E-state index contributed by atoms with van der Waals surface area (Å²) in [6.45, 7) is 6.08. The van der Waals surface area contributed by atoms with Crippen LogP contribution in [0.4, 0.5) is 5.82 Å². The molecular weight excluding hydrogens is 378 g/mol. The summed E-state index contributed by atoms with van der Waals surface area (Å²) in [7, 11) is 0. The van der Waals surface area contributed by atoms with Crippen LogP contribution in [0.2, 0.25) is 0 Å². The third kappa shape index (κ3) is 4.30. The largest absolute Gasteiger partial charge is 0.405 e. The minimum absolute atomic E-state index is 0.253. The molecule has 0 fully saturated rings. The Hall–Kier alpha value is -3.74. The number of aromatic nitrogens is 4. The summed E-state index contributed by atoms with van der Waals surface area (Å²) in [6.07, 6.45) is 3.42. The summed E-state index contributed by atoms with van der Waals surface area (Å²) in [5, 5.41) is 10.1. The van der Waals surface area contributed by atoms with Gasteiger partial charge in [-0.15, -0.1) is 5.10 Å². The van der Waals surface area contributed by atoms with Gasteiger partial charge in [-0.25, -0.2) is 4.98 Å². The van der Waals surface area contributed by atoms with Crippen molar-refractivity contribution in [3.8, 4) is 17.0 Å². The summed E-state index contributed by atoms with van der Waals surface area (Å²) in [5.41, 5.74) is 3.61. The van der Waals surface area contributed by atoms with Crippen molar-refractivity contribution >= 4 is 22.8 Å². The monoisotopic (exact) mass is 401 g/mol. The first-order chi connectivity index (χ1) is 14.4. The molecule has 0 spiro atoms. The van der Waals surface area contributed by atoms with Crippen molar-refractivity contribution in [3.63, 3.8) is 0 Å². The van der Waals surface area contributed by atoms with E-state index in [4.69, 9.17) is 4.74 Å². The number of aromatic amines is 1. The number of fused-ring (bicyclic) bond motifs is 1. The Morgan fingerprint density at radius 2 is 1.90 bits per heavy atom. The zero-order valence-electron chi connectivity index (χ0n) is 17.1. The first kappa shape index (κ1) is 19.6. The second-order valence-electron chi connectivity index (χ2n) is 8.04. The molecule has 0 bridgehead atoms. The molecule has 2 aromatic heterocycles. The molecule has 2 aromatic carbocycles. The quantitative estimate of drug-likeness (QED) is 0.476. The van der Waals surface area contributed by atoms with E-state index in [0.717, 1.165) is 16.6 Å². The predicted molar refractivity (Wildman–Crippen MR) is 116 cm³/mol. The number of carbonyl (C=O) groups excluding carboxylic acids is 1. The van der Waals surface area contributed by atoms with E-state index in [1.54, 1.807) is 33.2 Å². The van der Waals surface area contributed by atoms with Gasteiger partial charge < -0.3 is 10.1 Å². The fourth-order valence-electron chi connectivity index (χ4n) is 2.85. The average Bonchev–Trinajstić information content (AvgIpc) is 3.20. The van der Waals surface area contributed by atoms with Crippen molar-refractivity contribution < 1.29 is 9.53 Å². The molecule has 0 aliphatic heterocycles. The first-order valence-corrected chi connectivity index (χ1v) is 9.71. The molecule has 7 heteroatoms. The molecule has 0 unspecified atom stereocenters. The van der Waals surface area contributed by atoms with Gasteiger partial charge in [-0.2, -0.15) is 0 Å². The highest BCUT2D eigenvalue weighted by atomic mass is 16.5. The molecule has 2 heterocycles. The van der Waals surface area contributed by atoms with E-state index in [0.29, 0.717) is 17.9 Å². The molecule has 4 aromatic rings. The molecule has 0 saturated carbocycles. The summed E-state index contributed by atoms with van der Waals surface area (Å²) in [5.74, 6) is 0.621. The van der Waals surface area contributed by atoms with Gasteiger partial charge in [0.25, 0.3) is 0 Å². The number of hydrogen-bond donors (Lipinski definition) is 2. The predicted octanol–water partition coefficient (Wildman–Crippen LogP) is 4.58. The van der Waals surface area contributed by atoms with E-state index in [9.17, 15) is 4.79 Å². The lowest BCUT2D eigenvalue weighted by molar-refractivity contribution is -0.143. The van der Waals surface area contributed by atoms with Crippen LogP contribution in [0.5, 0.6) is 5.88 Å². The van der Waals surface area contributed by atoms with E-state index < -0.39 is 5.41 Å². The second-order valence-corrected chi connectivity index (χ2v) is 8.04. The van der Waals surface area contributed by atoms with Crippen LogP contribution in [0, 0.1) is 5.41 Å². The molecule has 30 heavy (non-hydrogen) atoms. The van der Waals surface area contributed by atoms with Crippen molar-refractivity contribution in [1.29, 1.82) is 0 Å². The number of ether oxygens (including phenoxy) is 1. The van der Waals surface area contributed by atoms with Gasteiger partial charge in [0.05, 0.1) is 28.2 Å². The fourth-order valence-corrected chi connectivity index (χ4v) is 2.85. The molecular formula is C23H23N5O2. The third-order valence-electron chi connectivity index (χ3n) is 4.58. The summed E-state index contributed by atoms with van der Waals surface area (Å²) in [6, 6.07) is 15.8. The van der Waals surface area contributed by atoms with Gasteiger partial charge in [0.1, 0.15) is 5.82 Å². The highest BCUT2D eigenvalue weighted by Gasteiger charge is 2.26. The Morgan fingerprint density at radius 3 is 2.67 bits per heavy atom. The number of rotatable bonds is 5. The first-order valence-electron chi connectivity index (χ1n) is 9.71. The molecule has 0 amide bonds. The standard InChI is InChI=1S/C23H23N5O2/c1-23(2,3)22(29)30-21-17(13-26-28-21)16-9-10-18-19(11-16)24-14-20(27-18)25-12-15-7-5-4-6-8-15/h4-11,13-14H,12H2,1-3H3,(H,25,27)(H,26,28).